The lowest BCUT2D eigenvalue weighted by molar-refractivity contribution is 0.683. The van der Waals surface area contributed by atoms with Gasteiger partial charge >= 0.3 is 0 Å². The van der Waals surface area contributed by atoms with Crippen molar-refractivity contribution in [2.75, 3.05) is 17.8 Å². The average Bonchev–Trinajstić information content (AvgIpc) is 2.38. The highest BCUT2D eigenvalue weighted by Gasteiger charge is 1.98. The van der Waals surface area contributed by atoms with E-state index in [0.717, 1.165) is 24.3 Å². The largest absolute Gasteiger partial charge is 0.260 e. The van der Waals surface area contributed by atoms with Crippen LogP contribution in [0.5, 0.6) is 0 Å². The van der Waals surface area contributed by atoms with Gasteiger partial charge in [-0.3, -0.25) is 4.21 Å². The zero-order chi connectivity index (χ0) is 12.8. The molecule has 0 aliphatic carbocycles. The summed E-state index contributed by atoms with van der Waals surface area (Å²) in [6.07, 6.45) is 3.97. The molecule has 2 aromatic rings. The molecule has 0 saturated heterocycles. The van der Waals surface area contributed by atoms with E-state index in [0.29, 0.717) is 0 Å². The van der Waals surface area contributed by atoms with Crippen LogP contribution in [-0.4, -0.2) is 22.0 Å². The number of unbranched alkanes of at least 4 members (excludes halogenated alkanes) is 1. The summed E-state index contributed by atoms with van der Waals surface area (Å²) in [7, 11) is -0.641. The molecule has 0 aliphatic rings. The molecule has 1 nitrogen and oxygen atoms in total. The smallest absolute Gasteiger partial charge is 0.0232 e. The summed E-state index contributed by atoms with van der Waals surface area (Å²) in [6.45, 7) is 0. The number of hydrogen-bond donors (Lipinski definition) is 0. The van der Waals surface area contributed by atoms with Crippen LogP contribution in [0.2, 0.25) is 0 Å². The summed E-state index contributed by atoms with van der Waals surface area (Å²) < 4.78 is 10.9. The minimum Gasteiger partial charge on any atom is -0.260 e. The summed E-state index contributed by atoms with van der Waals surface area (Å²) >= 11 is 1.89. The van der Waals surface area contributed by atoms with E-state index in [-0.39, 0.29) is 0 Å². The summed E-state index contributed by atoms with van der Waals surface area (Å²) in [5.74, 6) is 1.94. The fourth-order valence-electron chi connectivity index (χ4n) is 1.85. The number of hydrogen-bond acceptors (Lipinski definition) is 2. The van der Waals surface area contributed by atoms with Gasteiger partial charge in [-0.25, -0.2) is 0 Å². The Morgan fingerprint density at radius 2 is 1.83 bits per heavy atom. The first-order valence-corrected chi connectivity index (χ1v) is 8.88. The maximum atomic E-state index is 10.9. The molecule has 0 fully saturated rings. The molecule has 1 unspecified atom stereocenters. The summed E-state index contributed by atoms with van der Waals surface area (Å²) in [5.41, 5.74) is 0. The van der Waals surface area contributed by atoms with Crippen molar-refractivity contribution in [2.45, 2.75) is 17.7 Å². The van der Waals surface area contributed by atoms with Gasteiger partial charge in [0, 0.05) is 27.7 Å². The molecular weight excluding hydrogens is 260 g/mol. The standard InChI is InChI=1S/C15H18OS2/c1-18(16)11-5-4-10-17-15-9-8-13-6-2-3-7-14(13)12-15/h2-3,6-9,12H,4-5,10-11H2,1H3. The Kier molecular flexibility index (Phi) is 5.26. The van der Waals surface area contributed by atoms with Gasteiger partial charge in [-0.1, -0.05) is 30.3 Å². The van der Waals surface area contributed by atoms with Crippen molar-refractivity contribution in [1.29, 1.82) is 0 Å². The molecule has 18 heavy (non-hydrogen) atoms. The molecule has 0 radical (unpaired) electrons. The first-order valence-electron chi connectivity index (χ1n) is 6.17. The molecule has 0 saturated carbocycles. The van der Waals surface area contributed by atoms with Gasteiger partial charge in [0.1, 0.15) is 0 Å². The SMILES string of the molecule is CS(=O)CCCCSc1ccc2ccccc2c1. The van der Waals surface area contributed by atoms with E-state index in [1.165, 1.54) is 15.7 Å². The van der Waals surface area contributed by atoms with Crippen molar-refractivity contribution in [3.8, 4) is 0 Å². The minimum absolute atomic E-state index is 0.641. The van der Waals surface area contributed by atoms with Crippen LogP contribution >= 0.6 is 11.8 Å². The van der Waals surface area contributed by atoms with E-state index in [1.807, 2.05) is 11.8 Å². The van der Waals surface area contributed by atoms with Crippen LogP contribution in [-0.2, 0) is 10.8 Å². The Morgan fingerprint density at radius 1 is 1.06 bits per heavy atom. The van der Waals surface area contributed by atoms with E-state index in [4.69, 9.17) is 0 Å². The first kappa shape index (κ1) is 13.6. The first-order chi connectivity index (χ1) is 8.75. The van der Waals surface area contributed by atoms with Crippen molar-refractivity contribution in [1.82, 2.24) is 0 Å². The maximum absolute atomic E-state index is 10.9. The normalized spacial score (nSPS) is 12.7. The maximum Gasteiger partial charge on any atom is 0.0232 e. The lowest BCUT2D eigenvalue weighted by Crippen LogP contribution is -1.94. The van der Waals surface area contributed by atoms with Gasteiger partial charge in [-0.2, -0.15) is 0 Å². The molecule has 0 aromatic heterocycles. The Labute approximate surface area is 115 Å². The monoisotopic (exact) mass is 278 g/mol. The summed E-state index contributed by atoms with van der Waals surface area (Å²) in [5, 5.41) is 2.60. The Balaban J connectivity index is 1.86. The van der Waals surface area contributed by atoms with Crippen LogP contribution in [0.25, 0.3) is 10.8 Å². The fourth-order valence-corrected chi connectivity index (χ4v) is 3.42. The highest BCUT2D eigenvalue weighted by atomic mass is 32.2. The van der Waals surface area contributed by atoms with Gasteiger partial charge in [0.05, 0.1) is 0 Å². The second kappa shape index (κ2) is 6.95. The van der Waals surface area contributed by atoms with Gasteiger partial charge in [0.25, 0.3) is 0 Å². The van der Waals surface area contributed by atoms with Gasteiger partial charge in [-0.05, 0) is 41.5 Å². The van der Waals surface area contributed by atoms with Crippen LogP contribution in [0.1, 0.15) is 12.8 Å². The van der Waals surface area contributed by atoms with Crippen molar-refractivity contribution >= 4 is 33.3 Å². The van der Waals surface area contributed by atoms with Crippen molar-refractivity contribution in [2.24, 2.45) is 0 Å². The number of thioether (sulfide) groups is 1. The van der Waals surface area contributed by atoms with E-state index >= 15 is 0 Å². The number of rotatable bonds is 6. The molecule has 0 spiro atoms. The molecule has 3 heteroatoms. The van der Waals surface area contributed by atoms with Gasteiger partial charge in [-0.15, -0.1) is 11.8 Å². The highest BCUT2D eigenvalue weighted by Crippen LogP contribution is 2.24. The third-order valence-corrected chi connectivity index (χ3v) is 4.76. The van der Waals surface area contributed by atoms with Crippen molar-refractivity contribution in [3.05, 3.63) is 42.5 Å². The topological polar surface area (TPSA) is 17.1 Å². The fraction of sp³-hybridized carbons (Fsp3) is 0.333. The Hall–Kier alpha value is -0.800. The Morgan fingerprint density at radius 3 is 2.61 bits per heavy atom. The summed E-state index contributed by atoms with van der Waals surface area (Å²) in [4.78, 5) is 1.33. The second-order valence-corrected chi connectivity index (χ2v) is 7.06. The van der Waals surface area contributed by atoms with Gasteiger partial charge < -0.3 is 0 Å². The third kappa shape index (κ3) is 4.14. The van der Waals surface area contributed by atoms with Crippen LogP contribution in [0.4, 0.5) is 0 Å². The van der Waals surface area contributed by atoms with E-state index in [2.05, 4.69) is 42.5 Å². The molecule has 1 atom stereocenters. The summed E-state index contributed by atoms with van der Waals surface area (Å²) in [6, 6.07) is 15.1. The molecule has 0 amide bonds. The Bertz CT molecular complexity index is 537. The number of fused-ring (bicyclic) bond motifs is 1. The van der Waals surface area contributed by atoms with Crippen molar-refractivity contribution in [3.63, 3.8) is 0 Å². The lowest BCUT2D eigenvalue weighted by Gasteiger charge is -2.03. The molecule has 0 heterocycles. The van der Waals surface area contributed by atoms with Crippen LogP contribution in [0.15, 0.2) is 47.4 Å². The van der Waals surface area contributed by atoms with Crippen LogP contribution < -0.4 is 0 Å². The molecule has 96 valence electrons. The lowest BCUT2D eigenvalue weighted by atomic mass is 10.1. The zero-order valence-corrected chi connectivity index (χ0v) is 12.2. The second-order valence-electron chi connectivity index (χ2n) is 4.34. The molecule has 0 N–H and O–H groups in total. The van der Waals surface area contributed by atoms with Crippen molar-refractivity contribution < 1.29 is 4.21 Å². The van der Waals surface area contributed by atoms with Gasteiger partial charge in [0.2, 0.25) is 0 Å². The molecule has 0 aliphatic heterocycles. The predicted molar refractivity (Wildman–Crippen MR) is 82.8 cm³/mol. The molecule has 2 rings (SSSR count). The third-order valence-electron chi connectivity index (χ3n) is 2.82. The quantitative estimate of drug-likeness (QED) is 0.585. The van der Waals surface area contributed by atoms with E-state index in [1.54, 1.807) is 6.26 Å². The predicted octanol–water partition coefficient (Wildman–Crippen LogP) is 4.09. The van der Waals surface area contributed by atoms with Crippen LogP contribution in [0.3, 0.4) is 0 Å². The zero-order valence-electron chi connectivity index (χ0n) is 10.6. The molecular formula is C15H18OS2. The highest BCUT2D eigenvalue weighted by molar-refractivity contribution is 7.99. The number of benzene rings is 2. The van der Waals surface area contributed by atoms with Gasteiger partial charge in [0.15, 0.2) is 0 Å². The minimum atomic E-state index is -0.641. The molecule has 0 bridgehead atoms. The molecule has 2 aromatic carbocycles. The van der Waals surface area contributed by atoms with E-state index in [9.17, 15) is 4.21 Å². The van der Waals surface area contributed by atoms with Crippen LogP contribution in [0, 0.1) is 0 Å². The average molecular weight is 278 g/mol. The van der Waals surface area contributed by atoms with E-state index < -0.39 is 10.8 Å².